The lowest BCUT2D eigenvalue weighted by molar-refractivity contribution is -0.164. The van der Waals surface area contributed by atoms with Crippen molar-refractivity contribution in [2.24, 2.45) is 0 Å². The van der Waals surface area contributed by atoms with E-state index in [0.717, 1.165) is 19.4 Å². The maximum atomic E-state index is 12.4. The van der Waals surface area contributed by atoms with Crippen LogP contribution in [-0.4, -0.2) is 62.8 Å². The summed E-state index contributed by atoms with van der Waals surface area (Å²) in [5.74, 6) is -0.292. The predicted molar refractivity (Wildman–Crippen MR) is 73.3 cm³/mol. The van der Waals surface area contributed by atoms with Gasteiger partial charge in [0.2, 0.25) is 24.1 Å². The summed E-state index contributed by atoms with van der Waals surface area (Å²) < 4.78 is 4.93. The van der Waals surface area contributed by atoms with Crippen molar-refractivity contribution >= 4 is 11.8 Å². The number of β-lactam (4-membered cyclic amide) rings is 1. The molecular weight excluding hydrogens is 290 g/mol. The minimum absolute atomic E-state index is 0.0630. The highest BCUT2D eigenvalue weighted by Crippen LogP contribution is 2.33. The fraction of sp³-hybridized carbons (Fsp3) is 0.692. The van der Waals surface area contributed by atoms with E-state index in [1.54, 1.807) is 0 Å². The lowest BCUT2D eigenvalue weighted by Gasteiger charge is -2.50. The van der Waals surface area contributed by atoms with Crippen LogP contribution in [0.4, 0.5) is 0 Å². The lowest BCUT2D eigenvalue weighted by Crippen LogP contribution is -2.76. The monoisotopic (exact) mass is 309 g/mol. The van der Waals surface area contributed by atoms with Crippen LogP contribution in [0.5, 0.6) is 0 Å². The molecule has 0 bridgehead atoms. The van der Waals surface area contributed by atoms with Gasteiger partial charge in [-0.3, -0.25) is 9.59 Å². The number of aliphatic hydroxyl groups is 1. The molecule has 9 nitrogen and oxygen atoms in total. The Morgan fingerprint density at radius 1 is 1.68 bits per heavy atom. The number of likely N-dealkylation sites (tertiary alicyclic amines) is 1. The van der Waals surface area contributed by atoms with Gasteiger partial charge in [-0.1, -0.05) is 0 Å². The number of hydrogen-bond donors (Lipinski definition) is 3. The number of carbonyl (C=O) groups excluding carboxylic acids is 2. The van der Waals surface area contributed by atoms with E-state index in [9.17, 15) is 14.7 Å². The van der Waals surface area contributed by atoms with Crippen LogP contribution in [0.2, 0.25) is 0 Å². The second kappa shape index (κ2) is 5.65. The highest BCUT2D eigenvalue weighted by Gasteiger charge is 2.57. The number of aliphatic hydroxyl groups excluding tert-OH is 1. The molecule has 3 heterocycles. The van der Waals surface area contributed by atoms with Crippen molar-refractivity contribution in [1.82, 2.24) is 25.7 Å². The second-order valence-corrected chi connectivity index (χ2v) is 5.78. The van der Waals surface area contributed by atoms with Crippen LogP contribution in [0.25, 0.3) is 0 Å². The molecule has 0 aromatic carbocycles. The van der Waals surface area contributed by atoms with E-state index < -0.39 is 23.6 Å². The van der Waals surface area contributed by atoms with E-state index in [1.807, 2.05) is 0 Å². The number of carbonyl (C=O) groups is 2. The van der Waals surface area contributed by atoms with Gasteiger partial charge in [0.25, 0.3) is 0 Å². The summed E-state index contributed by atoms with van der Waals surface area (Å²) in [6, 6.07) is -0.913. The van der Waals surface area contributed by atoms with E-state index in [1.165, 1.54) is 18.2 Å². The smallest absolute Gasteiger partial charge is 0.245 e. The zero-order valence-corrected chi connectivity index (χ0v) is 12.3. The topological polar surface area (TPSA) is 121 Å². The Morgan fingerprint density at radius 2 is 2.50 bits per heavy atom. The van der Waals surface area contributed by atoms with E-state index in [2.05, 4.69) is 20.8 Å². The highest BCUT2D eigenvalue weighted by atomic mass is 16.4. The summed E-state index contributed by atoms with van der Waals surface area (Å²) in [7, 11) is 0. The fourth-order valence-electron chi connectivity index (χ4n) is 3.12. The summed E-state index contributed by atoms with van der Waals surface area (Å²) in [6.45, 7) is 2.81. The Bertz CT molecular complexity index is 553. The van der Waals surface area contributed by atoms with Crippen LogP contribution in [0.15, 0.2) is 10.8 Å². The molecule has 3 unspecified atom stereocenters. The number of nitrogens with one attached hydrogen (secondary N) is 2. The third-order valence-corrected chi connectivity index (χ3v) is 4.23. The van der Waals surface area contributed by atoms with Crippen molar-refractivity contribution in [3.05, 3.63) is 12.3 Å². The number of hydrogen-bond acceptors (Lipinski definition) is 7. The average molecular weight is 309 g/mol. The number of nitrogens with zero attached hydrogens (tertiary/aromatic N) is 3. The van der Waals surface area contributed by atoms with Crippen molar-refractivity contribution in [2.45, 2.75) is 44.0 Å². The Labute approximate surface area is 127 Å². The Morgan fingerprint density at radius 3 is 3.05 bits per heavy atom. The molecule has 2 fully saturated rings. The predicted octanol–water partition coefficient (Wildman–Crippen LogP) is -1.60. The van der Waals surface area contributed by atoms with Gasteiger partial charge < -0.3 is 25.1 Å². The van der Waals surface area contributed by atoms with Crippen LogP contribution in [0, 0.1) is 0 Å². The molecule has 3 N–H and O–H groups in total. The normalized spacial score (nSPS) is 26.8. The van der Waals surface area contributed by atoms with E-state index in [4.69, 9.17) is 4.42 Å². The summed E-state index contributed by atoms with van der Waals surface area (Å²) in [4.78, 5) is 26.1. The molecule has 0 radical (unpaired) electrons. The van der Waals surface area contributed by atoms with Crippen molar-refractivity contribution in [3.8, 4) is 0 Å². The van der Waals surface area contributed by atoms with Gasteiger partial charge in [0.05, 0.1) is 12.6 Å². The molecule has 22 heavy (non-hydrogen) atoms. The van der Waals surface area contributed by atoms with Gasteiger partial charge >= 0.3 is 0 Å². The molecule has 2 aliphatic rings. The molecule has 1 aromatic heterocycles. The van der Waals surface area contributed by atoms with Crippen LogP contribution < -0.4 is 10.6 Å². The first-order valence-corrected chi connectivity index (χ1v) is 7.30. The maximum absolute atomic E-state index is 12.4. The maximum Gasteiger partial charge on any atom is 0.245 e. The molecule has 1 aromatic rings. The molecule has 3 atom stereocenters. The minimum Gasteiger partial charge on any atom is -0.426 e. The van der Waals surface area contributed by atoms with Crippen molar-refractivity contribution < 1.29 is 19.1 Å². The summed E-state index contributed by atoms with van der Waals surface area (Å²) in [5.41, 5.74) is -0.528. The van der Waals surface area contributed by atoms with Crippen LogP contribution in [0.1, 0.15) is 25.7 Å². The highest BCUT2D eigenvalue weighted by molar-refractivity contribution is 5.97. The molecule has 2 aliphatic heterocycles. The third kappa shape index (κ3) is 2.46. The molecule has 0 aliphatic carbocycles. The zero-order chi connectivity index (χ0) is 15.7. The van der Waals surface area contributed by atoms with E-state index in [0.29, 0.717) is 6.54 Å². The molecule has 0 saturated carbocycles. The fourth-order valence-corrected chi connectivity index (χ4v) is 3.12. The standard InChI is InChI=1S/C13H19N5O4/c1-8(19)10(11(20)14-5-9-17-16-7-22-9)18-6-13(12(18)21)3-2-4-15-13/h7-8,10,15,19H,2-6H2,1H3,(H,14,20). The van der Waals surface area contributed by atoms with Crippen LogP contribution in [-0.2, 0) is 16.1 Å². The first-order valence-electron chi connectivity index (χ1n) is 7.30. The first kappa shape index (κ1) is 14.9. The van der Waals surface area contributed by atoms with Gasteiger partial charge in [0.1, 0.15) is 11.6 Å². The van der Waals surface area contributed by atoms with Gasteiger partial charge in [-0.05, 0) is 26.3 Å². The number of aromatic nitrogens is 2. The lowest BCUT2D eigenvalue weighted by atomic mass is 9.84. The van der Waals surface area contributed by atoms with E-state index in [-0.39, 0.29) is 18.3 Å². The molecule has 120 valence electrons. The Kier molecular flexibility index (Phi) is 3.83. The average Bonchev–Trinajstić information content (AvgIpc) is 3.16. The largest absolute Gasteiger partial charge is 0.426 e. The quantitative estimate of drug-likeness (QED) is 0.560. The molecular formula is C13H19N5O4. The minimum atomic E-state index is -0.967. The number of rotatable bonds is 5. The zero-order valence-electron chi connectivity index (χ0n) is 12.3. The van der Waals surface area contributed by atoms with Crippen molar-refractivity contribution in [1.29, 1.82) is 0 Å². The van der Waals surface area contributed by atoms with Gasteiger partial charge in [-0.15, -0.1) is 10.2 Å². The van der Waals surface area contributed by atoms with Gasteiger partial charge in [-0.25, -0.2) is 0 Å². The third-order valence-electron chi connectivity index (χ3n) is 4.23. The van der Waals surface area contributed by atoms with Crippen molar-refractivity contribution in [3.63, 3.8) is 0 Å². The van der Waals surface area contributed by atoms with Gasteiger partial charge in [-0.2, -0.15) is 0 Å². The molecule has 9 heteroatoms. The summed E-state index contributed by atoms with van der Waals surface area (Å²) in [5, 5.41) is 22.9. The number of amides is 2. The van der Waals surface area contributed by atoms with Gasteiger partial charge in [0, 0.05) is 6.54 Å². The first-order chi connectivity index (χ1) is 10.5. The molecule has 2 saturated heterocycles. The summed E-state index contributed by atoms with van der Waals surface area (Å²) >= 11 is 0. The SMILES string of the molecule is CC(O)C(C(=O)NCc1nnco1)N1CC2(CCCN2)C1=O. The summed E-state index contributed by atoms with van der Waals surface area (Å²) in [6.07, 6.45) is 1.92. The molecule has 2 amide bonds. The molecule has 1 spiro atoms. The Balaban J connectivity index is 1.63. The molecule has 3 rings (SSSR count). The van der Waals surface area contributed by atoms with E-state index >= 15 is 0 Å². The van der Waals surface area contributed by atoms with Crippen molar-refractivity contribution in [2.75, 3.05) is 13.1 Å². The second-order valence-electron chi connectivity index (χ2n) is 5.78. The van der Waals surface area contributed by atoms with Crippen LogP contribution >= 0.6 is 0 Å². The van der Waals surface area contributed by atoms with Gasteiger partial charge in [0.15, 0.2) is 0 Å². The Hall–Kier alpha value is -2.00. The van der Waals surface area contributed by atoms with Crippen LogP contribution in [0.3, 0.4) is 0 Å².